The summed E-state index contributed by atoms with van der Waals surface area (Å²) in [6, 6.07) is 6.96. The molecule has 0 radical (unpaired) electrons. The number of nitrogens with zero attached hydrogens (tertiary/aromatic N) is 3. The third-order valence-electron chi connectivity index (χ3n) is 3.62. The average Bonchev–Trinajstić information content (AvgIpc) is 2.46. The first kappa shape index (κ1) is 14.0. The second kappa shape index (κ2) is 5.70. The summed E-state index contributed by atoms with van der Waals surface area (Å²) in [5, 5.41) is 20.0. The van der Waals surface area contributed by atoms with Gasteiger partial charge in [0.1, 0.15) is 5.56 Å². The van der Waals surface area contributed by atoms with E-state index in [1.165, 1.54) is 6.07 Å². The second-order valence-electron chi connectivity index (χ2n) is 4.92. The Morgan fingerprint density at radius 3 is 2.65 bits per heavy atom. The molecule has 0 unspecified atom stereocenters. The zero-order valence-electron chi connectivity index (χ0n) is 11.2. The number of rotatable bonds is 2. The lowest BCUT2D eigenvalue weighted by molar-refractivity contribution is -0.385. The number of nitro benzene ring substituents is 1. The monoisotopic (exact) mass is 273 g/mol. The molecule has 20 heavy (non-hydrogen) atoms. The van der Waals surface area contributed by atoms with Crippen molar-refractivity contribution in [2.45, 2.75) is 19.8 Å². The van der Waals surface area contributed by atoms with E-state index >= 15 is 0 Å². The summed E-state index contributed by atoms with van der Waals surface area (Å²) in [4.78, 5) is 24.6. The molecule has 0 N–H and O–H groups in total. The second-order valence-corrected chi connectivity index (χ2v) is 4.92. The van der Waals surface area contributed by atoms with Gasteiger partial charge in [-0.2, -0.15) is 5.26 Å². The lowest BCUT2D eigenvalue weighted by Gasteiger charge is -2.29. The van der Waals surface area contributed by atoms with E-state index in [1.54, 1.807) is 24.0 Å². The summed E-state index contributed by atoms with van der Waals surface area (Å²) in [7, 11) is 0. The topological polar surface area (TPSA) is 87.2 Å². The molecule has 0 atom stereocenters. The molecule has 1 fully saturated rings. The molecular weight excluding hydrogens is 258 g/mol. The first-order valence-electron chi connectivity index (χ1n) is 6.47. The molecule has 0 aromatic heterocycles. The average molecular weight is 273 g/mol. The normalized spacial score (nSPS) is 15.7. The van der Waals surface area contributed by atoms with Crippen LogP contribution in [0.25, 0.3) is 0 Å². The molecule has 0 aliphatic carbocycles. The van der Waals surface area contributed by atoms with E-state index in [9.17, 15) is 14.9 Å². The standard InChI is InChI=1S/C14H15N3O3/c1-10-3-2-4-12(13(10)17(19)20)14(18)16-7-5-11(9-15)6-8-16/h2-4,11H,5-8H2,1H3. The Kier molecular flexibility index (Phi) is 3.99. The minimum absolute atomic E-state index is 0.0217. The smallest absolute Gasteiger partial charge is 0.285 e. The number of nitriles is 1. The number of amides is 1. The molecule has 1 aromatic rings. The van der Waals surface area contributed by atoms with E-state index in [-0.39, 0.29) is 23.1 Å². The van der Waals surface area contributed by atoms with Gasteiger partial charge in [0.15, 0.2) is 0 Å². The zero-order valence-corrected chi connectivity index (χ0v) is 11.2. The fourth-order valence-corrected chi connectivity index (χ4v) is 2.46. The first-order valence-corrected chi connectivity index (χ1v) is 6.47. The van der Waals surface area contributed by atoms with Gasteiger partial charge in [-0.15, -0.1) is 0 Å². The number of hydrogen-bond acceptors (Lipinski definition) is 4. The van der Waals surface area contributed by atoms with Crippen LogP contribution in [0.15, 0.2) is 18.2 Å². The molecule has 1 heterocycles. The maximum Gasteiger partial charge on any atom is 0.285 e. The highest BCUT2D eigenvalue weighted by Crippen LogP contribution is 2.26. The number of carbonyl (C=O) groups excluding carboxylic acids is 1. The third-order valence-corrected chi connectivity index (χ3v) is 3.62. The maximum atomic E-state index is 12.4. The van der Waals surface area contributed by atoms with Crippen LogP contribution < -0.4 is 0 Å². The van der Waals surface area contributed by atoms with Gasteiger partial charge in [-0.3, -0.25) is 14.9 Å². The molecule has 1 amide bonds. The molecule has 1 saturated heterocycles. The molecule has 0 saturated carbocycles. The van der Waals surface area contributed by atoms with Crippen LogP contribution in [0.5, 0.6) is 0 Å². The van der Waals surface area contributed by atoms with E-state index in [1.807, 2.05) is 0 Å². The van der Waals surface area contributed by atoms with Gasteiger partial charge in [0, 0.05) is 24.6 Å². The van der Waals surface area contributed by atoms with Gasteiger partial charge in [0.05, 0.1) is 11.0 Å². The number of carbonyl (C=O) groups is 1. The molecule has 6 nitrogen and oxygen atoms in total. The summed E-state index contributed by atoms with van der Waals surface area (Å²) < 4.78 is 0. The van der Waals surface area contributed by atoms with Crippen LogP contribution >= 0.6 is 0 Å². The van der Waals surface area contributed by atoms with Gasteiger partial charge < -0.3 is 4.90 Å². The fourth-order valence-electron chi connectivity index (χ4n) is 2.46. The highest BCUT2D eigenvalue weighted by atomic mass is 16.6. The third kappa shape index (κ3) is 2.62. The van der Waals surface area contributed by atoms with Gasteiger partial charge in [-0.25, -0.2) is 0 Å². The quantitative estimate of drug-likeness (QED) is 0.611. The highest BCUT2D eigenvalue weighted by molar-refractivity contribution is 5.98. The largest absolute Gasteiger partial charge is 0.338 e. The molecule has 6 heteroatoms. The first-order chi connectivity index (χ1) is 9.54. The molecule has 1 aliphatic heterocycles. The van der Waals surface area contributed by atoms with Gasteiger partial charge in [0.2, 0.25) is 0 Å². The van der Waals surface area contributed by atoms with Crippen LogP contribution in [-0.4, -0.2) is 28.8 Å². The van der Waals surface area contributed by atoms with Gasteiger partial charge in [0.25, 0.3) is 11.6 Å². The van der Waals surface area contributed by atoms with Crippen LogP contribution in [0, 0.1) is 34.3 Å². The molecular formula is C14H15N3O3. The molecule has 2 rings (SSSR count). The van der Waals surface area contributed by atoms with Crippen molar-refractivity contribution in [1.82, 2.24) is 4.90 Å². The van der Waals surface area contributed by atoms with Crippen molar-refractivity contribution in [3.63, 3.8) is 0 Å². The summed E-state index contributed by atoms with van der Waals surface area (Å²) in [5.41, 5.74) is 0.484. The van der Waals surface area contributed by atoms with Crippen LogP contribution in [0.1, 0.15) is 28.8 Å². The molecule has 0 bridgehead atoms. The van der Waals surface area contributed by atoms with Gasteiger partial charge in [-0.05, 0) is 25.8 Å². The Hall–Kier alpha value is -2.42. The van der Waals surface area contributed by atoms with Crippen molar-refractivity contribution in [3.05, 3.63) is 39.4 Å². The Morgan fingerprint density at radius 1 is 1.45 bits per heavy atom. The summed E-state index contributed by atoms with van der Waals surface area (Å²) in [5.74, 6) is -0.344. The van der Waals surface area contributed by atoms with Crippen molar-refractivity contribution in [1.29, 1.82) is 5.26 Å². The molecule has 104 valence electrons. The Morgan fingerprint density at radius 2 is 2.10 bits per heavy atom. The van der Waals surface area contributed by atoms with E-state index in [0.717, 1.165) is 0 Å². The Bertz CT molecular complexity index is 584. The number of nitro groups is 1. The van der Waals surface area contributed by atoms with Crippen molar-refractivity contribution < 1.29 is 9.72 Å². The van der Waals surface area contributed by atoms with Crippen molar-refractivity contribution >= 4 is 11.6 Å². The fraction of sp³-hybridized carbons (Fsp3) is 0.429. The van der Waals surface area contributed by atoms with Gasteiger partial charge in [-0.1, -0.05) is 12.1 Å². The minimum atomic E-state index is -0.509. The number of likely N-dealkylation sites (tertiary alicyclic amines) is 1. The van der Waals surface area contributed by atoms with E-state index < -0.39 is 4.92 Å². The minimum Gasteiger partial charge on any atom is -0.338 e. The number of para-hydroxylation sites is 1. The number of piperidine rings is 1. The summed E-state index contributed by atoms with van der Waals surface area (Å²) in [6.45, 7) is 2.57. The lowest BCUT2D eigenvalue weighted by atomic mass is 9.97. The predicted molar refractivity (Wildman–Crippen MR) is 72.1 cm³/mol. The van der Waals surface area contributed by atoms with Crippen molar-refractivity contribution in [2.24, 2.45) is 5.92 Å². The highest BCUT2D eigenvalue weighted by Gasteiger charge is 2.29. The predicted octanol–water partition coefficient (Wildman–Crippen LogP) is 2.28. The van der Waals surface area contributed by atoms with Crippen LogP contribution in [0.3, 0.4) is 0 Å². The molecule has 0 spiro atoms. The van der Waals surface area contributed by atoms with Crippen molar-refractivity contribution in [3.8, 4) is 6.07 Å². The van der Waals surface area contributed by atoms with E-state index in [2.05, 4.69) is 6.07 Å². The van der Waals surface area contributed by atoms with Gasteiger partial charge >= 0.3 is 0 Å². The van der Waals surface area contributed by atoms with Crippen molar-refractivity contribution in [2.75, 3.05) is 13.1 Å². The summed E-state index contributed by atoms with van der Waals surface area (Å²) in [6.07, 6.45) is 1.25. The number of hydrogen-bond donors (Lipinski definition) is 0. The number of benzene rings is 1. The number of aryl methyl sites for hydroxylation is 1. The van der Waals surface area contributed by atoms with E-state index in [4.69, 9.17) is 5.26 Å². The van der Waals surface area contributed by atoms with Crippen LogP contribution in [0.2, 0.25) is 0 Å². The molecule has 1 aliphatic rings. The van der Waals surface area contributed by atoms with Crippen LogP contribution in [0.4, 0.5) is 5.69 Å². The molecule has 1 aromatic carbocycles. The summed E-state index contributed by atoms with van der Waals surface area (Å²) >= 11 is 0. The SMILES string of the molecule is Cc1cccc(C(=O)N2CCC(C#N)CC2)c1[N+](=O)[O-]. The van der Waals surface area contributed by atoms with Crippen LogP contribution in [-0.2, 0) is 0 Å². The van der Waals surface area contributed by atoms with E-state index in [0.29, 0.717) is 31.5 Å². The maximum absolute atomic E-state index is 12.4. The Balaban J connectivity index is 2.25. The lowest BCUT2D eigenvalue weighted by Crippen LogP contribution is -2.38. The zero-order chi connectivity index (χ0) is 14.7. The Labute approximate surface area is 116 Å².